The van der Waals surface area contributed by atoms with E-state index < -0.39 is 28.4 Å². The lowest BCUT2D eigenvalue weighted by atomic mass is 9.46. The van der Waals surface area contributed by atoms with Crippen molar-refractivity contribution < 1.29 is 23.1 Å². The minimum atomic E-state index is -2.06. The van der Waals surface area contributed by atoms with E-state index in [0.29, 0.717) is 6.61 Å². The van der Waals surface area contributed by atoms with E-state index in [9.17, 15) is 4.79 Å². The zero-order chi connectivity index (χ0) is 26.9. The van der Waals surface area contributed by atoms with E-state index in [2.05, 4.69) is 94.6 Å². The Morgan fingerprint density at radius 3 is 2.03 bits per heavy atom. The van der Waals surface area contributed by atoms with Gasteiger partial charge >= 0.3 is 6.16 Å². The average molecular weight is 525 g/mol. The summed E-state index contributed by atoms with van der Waals surface area (Å²) in [6.45, 7) is 30.7. The molecule has 1 aliphatic heterocycles. The number of carbonyl (C=O) groups is 1. The van der Waals surface area contributed by atoms with Gasteiger partial charge in [0.2, 0.25) is 0 Å². The highest BCUT2D eigenvalue weighted by atomic mass is 28.4. The highest BCUT2D eigenvalue weighted by Crippen LogP contribution is 2.64. The van der Waals surface area contributed by atoms with Gasteiger partial charge in [0.05, 0.1) is 12.7 Å². The molecule has 1 saturated heterocycles. The molecule has 202 valence electrons. The maximum absolute atomic E-state index is 12.5. The number of rotatable bonds is 5. The molecule has 0 N–H and O–H groups in total. The van der Waals surface area contributed by atoms with Crippen LogP contribution in [0, 0.1) is 16.7 Å². The van der Waals surface area contributed by atoms with Crippen molar-refractivity contribution in [2.24, 2.45) is 16.7 Å². The molecule has 0 amide bonds. The van der Waals surface area contributed by atoms with Crippen molar-refractivity contribution in [2.75, 3.05) is 13.2 Å². The van der Waals surface area contributed by atoms with Crippen LogP contribution in [0.5, 0.6) is 0 Å². The molecule has 0 radical (unpaired) electrons. The largest absolute Gasteiger partial charge is 0.509 e. The molecule has 0 aromatic heterocycles. The molecule has 1 heterocycles. The summed E-state index contributed by atoms with van der Waals surface area (Å²) in [5, 5.41) is 0.195. The molecule has 3 rings (SSSR count). The zero-order valence-corrected chi connectivity index (χ0v) is 26.8. The normalized spacial score (nSPS) is 33.7. The molecule has 2 aliphatic carbocycles. The SMILES string of the molecule is CC1(C)CCC[C@@]2(C)[C@H]1[C@H](O[Si](C)(C)C(C)(C)C)C=C(CO[Si](C)(C)C(C)(C)C)[C@]21COC(=O)O1. The van der Waals surface area contributed by atoms with Gasteiger partial charge in [-0.05, 0) is 54.5 Å². The molecule has 3 aliphatic rings. The van der Waals surface area contributed by atoms with E-state index in [1.165, 1.54) is 0 Å². The Hall–Kier alpha value is -0.636. The van der Waals surface area contributed by atoms with Crippen molar-refractivity contribution >= 4 is 22.8 Å². The molecule has 7 heteroatoms. The molecule has 5 nitrogen and oxygen atoms in total. The molecular weight excluding hydrogens is 472 g/mol. The van der Waals surface area contributed by atoms with Crippen LogP contribution >= 0.6 is 0 Å². The second kappa shape index (κ2) is 8.70. The van der Waals surface area contributed by atoms with Crippen LogP contribution in [0.1, 0.15) is 81.6 Å². The first-order valence-electron chi connectivity index (χ1n) is 13.5. The molecule has 0 aromatic rings. The molecule has 35 heavy (non-hydrogen) atoms. The number of cyclic esters (lactones) is 1. The maximum atomic E-state index is 12.5. The van der Waals surface area contributed by atoms with Crippen LogP contribution in [0.2, 0.25) is 36.3 Å². The van der Waals surface area contributed by atoms with Crippen molar-refractivity contribution in [2.45, 2.75) is 130 Å². The molecule has 0 unspecified atom stereocenters. The summed E-state index contributed by atoms with van der Waals surface area (Å²) in [6.07, 6.45) is 4.90. The lowest BCUT2D eigenvalue weighted by Crippen LogP contribution is -2.66. The van der Waals surface area contributed by atoms with Gasteiger partial charge < -0.3 is 18.3 Å². The van der Waals surface area contributed by atoms with Crippen molar-refractivity contribution in [3.63, 3.8) is 0 Å². The van der Waals surface area contributed by atoms with E-state index in [-0.39, 0.29) is 39.5 Å². The van der Waals surface area contributed by atoms with Crippen LogP contribution < -0.4 is 0 Å². The fraction of sp³-hybridized carbons (Fsp3) is 0.893. The molecule has 2 fully saturated rings. The predicted molar refractivity (Wildman–Crippen MR) is 148 cm³/mol. The van der Waals surface area contributed by atoms with Crippen molar-refractivity contribution in [1.82, 2.24) is 0 Å². The third-order valence-corrected chi connectivity index (χ3v) is 19.4. The quantitative estimate of drug-likeness (QED) is 0.207. The highest BCUT2D eigenvalue weighted by Gasteiger charge is 2.68. The van der Waals surface area contributed by atoms with E-state index in [1.807, 2.05) is 0 Å². The van der Waals surface area contributed by atoms with Crippen LogP contribution in [0.25, 0.3) is 0 Å². The van der Waals surface area contributed by atoms with Crippen molar-refractivity contribution in [3.8, 4) is 0 Å². The van der Waals surface area contributed by atoms with E-state index in [1.54, 1.807) is 0 Å². The Morgan fingerprint density at radius 2 is 1.54 bits per heavy atom. The lowest BCUT2D eigenvalue weighted by molar-refractivity contribution is -0.158. The fourth-order valence-electron chi connectivity index (χ4n) is 6.20. The second-order valence-electron chi connectivity index (χ2n) is 15.3. The first-order chi connectivity index (χ1) is 15.6. The molecule has 0 bridgehead atoms. The summed E-state index contributed by atoms with van der Waals surface area (Å²) in [6, 6.07) is 0. The van der Waals surface area contributed by atoms with Crippen LogP contribution in [0.4, 0.5) is 4.79 Å². The summed E-state index contributed by atoms with van der Waals surface area (Å²) in [4.78, 5) is 12.5. The molecule has 4 atom stereocenters. The van der Waals surface area contributed by atoms with Crippen LogP contribution in [0.15, 0.2) is 11.6 Å². The number of hydrogen-bond donors (Lipinski definition) is 0. The van der Waals surface area contributed by atoms with Gasteiger partial charge in [-0.25, -0.2) is 4.79 Å². The zero-order valence-electron chi connectivity index (χ0n) is 24.8. The van der Waals surface area contributed by atoms with E-state index in [4.69, 9.17) is 18.3 Å². The van der Waals surface area contributed by atoms with E-state index in [0.717, 1.165) is 24.8 Å². The summed E-state index contributed by atoms with van der Waals surface area (Å²) in [5.74, 6) is 0.212. The Labute approximate surface area is 217 Å². The monoisotopic (exact) mass is 524 g/mol. The fourth-order valence-corrected chi connectivity index (χ4v) is 8.39. The predicted octanol–water partition coefficient (Wildman–Crippen LogP) is 8.08. The van der Waals surface area contributed by atoms with Crippen LogP contribution in [-0.4, -0.2) is 47.7 Å². The summed E-state index contributed by atoms with van der Waals surface area (Å²) < 4.78 is 25.8. The summed E-state index contributed by atoms with van der Waals surface area (Å²) in [7, 11) is -4.09. The third kappa shape index (κ3) is 4.84. The van der Waals surface area contributed by atoms with Gasteiger partial charge in [-0.3, -0.25) is 0 Å². The van der Waals surface area contributed by atoms with Gasteiger partial charge in [-0.1, -0.05) is 74.8 Å². The Bertz CT molecular complexity index is 864. The second-order valence-corrected chi connectivity index (χ2v) is 24.9. The van der Waals surface area contributed by atoms with Crippen molar-refractivity contribution in [1.29, 1.82) is 0 Å². The smallest absolute Gasteiger partial charge is 0.430 e. The van der Waals surface area contributed by atoms with Crippen LogP contribution in [0.3, 0.4) is 0 Å². The van der Waals surface area contributed by atoms with Gasteiger partial charge in [-0.15, -0.1) is 0 Å². The first-order valence-corrected chi connectivity index (χ1v) is 19.3. The highest BCUT2D eigenvalue weighted by molar-refractivity contribution is 6.74. The topological polar surface area (TPSA) is 54.0 Å². The molecule has 0 aromatic carbocycles. The maximum Gasteiger partial charge on any atom is 0.509 e. The number of ether oxygens (including phenoxy) is 2. The lowest BCUT2D eigenvalue weighted by Gasteiger charge is -2.62. The van der Waals surface area contributed by atoms with Gasteiger partial charge in [0, 0.05) is 16.9 Å². The number of fused-ring (bicyclic) bond motifs is 2. The minimum absolute atomic E-state index is 0.0425. The van der Waals surface area contributed by atoms with Gasteiger partial charge in [-0.2, -0.15) is 0 Å². The molecular formula is C28H52O5Si2. The van der Waals surface area contributed by atoms with Crippen LogP contribution in [-0.2, 0) is 18.3 Å². The average Bonchev–Trinajstić information content (AvgIpc) is 3.04. The number of carbonyl (C=O) groups excluding carboxylic acids is 1. The van der Waals surface area contributed by atoms with Gasteiger partial charge in [0.1, 0.15) is 6.61 Å². The summed E-state index contributed by atoms with van der Waals surface area (Å²) in [5.41, 5.74) is -0.0188. The number of hydrogen-bond acceptors (Lipinski definition) is 5. The summed E-state index contributed by atoms with van der Waals surface area (Å²) >= 11 is 0. The Kier molecular flexibility index (Phi) is 7.19. The molecule has 1 saturated carbocycles. The Morgan fingerprint density at radius 1 is 0.971 bits per heavy atom. The standard InChI is InChI=1S/C28H52O5Si2/c1-24(2,3)34(10,11)31-18-20-17-21(33-35(12,13)25(4,5)6)22-26(7,8)15-14-16-27(22,9)28(20)19-30-23(29)32-28/h17,21-22H,14-16,18-19H2,1-13H3/t21-,22+,27+,28-/m1/s1. The van der Waals surface area contributed by atoms with Gasteiger partial charge in [0.15, 0.2) is 22.2 Å². The third-order valence-electron chi connectivity index (χ3n) is 10.5. The Balaban J connectivity index is 2.16. The van der Waals surface area contributed by atoms with E-state index >= 15 is 0 Å². The minimum Gasteiger partial charge on any atom is -0.430 e. The molecule has 1 spiro atoms. The van der Waals surface area contributed by atoms with Gasteiger partial charge in [0.25, 0.3) is 0 Å². The first kappa shape index (κ1) is 28.9. The van der Waals surface area contributed by atoms with Crippen molar-refractivity contribution in [3.05, 3.63) is 11.6 Å².